The first-order valence-electron chi connectivity index (χ1n) is 6.65. The Labute approximate surface area is 143 Å². The summed E-state index contributed by atoms with van der Waals surface area (Å²) < 4.78 is 50.9. The Hall–Kier alpha value is -1.71. The number of carbonyl (C=O) groups excluding carboxylic acids is 1. The Bertz CT molecular complexity index is 529. The van der Waals surface area contributed by atoms with E-state index in [1.165, 1.54) is 32.4 Å². The number of amides is 1. The number of methoxy groups -OCH3 is 2. The summed E-state index contributed by atoms with van der Waals surface area (Å²) in [6, 6.07) is 3.56. The van der Waals surface area contributed by atoms with Crippen molar-refractivity contribution in [3.8, 4) is 11.5 Å². The first kappa shape index (κ1) is 22.3. The lowest BCUT2D eigenvalue weighted by molar-refractivity contribution is -0.153. The lowest BCUT2D eigenvalue weighted by Crippen LogP contribution is -2.43. The van der Waals surface area contributed by atoms with Crippen LogP contribution in [0.15, 0.2) is 18.2 Å². The maximum atomic E-state index is 12.2. The molecule has 10 heteroatoms. The van der Waals surface area contributed by atoms with E-state index in [1.54, 1.807) is 0 Å². The number of halogens is 4. The predicted molar refractivity (Wildman–Crippen MR) is 83.5 cm³/mol. The standard InChI is InChI=1S/C14H19F3N2O4.ClH/c1-21-7-10(18)13(20)19-6-9-3-4-11(12(5-9)22-2)23-8-14(15,16)17;/h3-5,10H,6-8,18H2,1-2H3,(H,19,20);1H. The largest absolute Gasteiger partial charge is 0.493 e. The van der Waals surface area contributed by atoms with Crippen molar-refractivity contribution in [1.82, 2.24) is 5.32 Å². The summed E-state index contributed by atoms with van der Waals surface area (Å²) in [7, 11) is 2.74. The van der Waals surface area contributed by atoms with Gasteiger partial charge in [0.25, 0.3) is 0 Å². The Morgan fingerprint density at radius 1 is 1.29 bits per heavy atom. The molecular weight excluding hydrogens is 353 g/mol. The van der Waals surface area contributed by atoms with E-state index in [4.69, 9.17) is 15.2 Å². The molecule has 0 aromatic heterocycles. The highest BCUT2D eigenvalue weighted by atomic mass is 35.5. The second kappa shape index (κ2) is 10.2. The first-order chi connectivity index (χ1) is 10.8. The molecule has 0 heterocycles. The van der Waals surface area contributed by atoms with Crippen LogP contribution in [0, 0.1) is 0 Å². The third-order valence-electron chi connectivity index (χ3n) is 2.77. The summed E-state index contributed by atoms with van der Waals surface area (Å²) in [4.78, 5) is 11.6. The van der Waals surface area contributed by atoms with E-state index in [0.29, 0.717) is 5.56 Å². The zero-order chi connectivity index (χ0) is 17.5. The minimum atomic E-state index is -4.44. The summed E-state index contributed by atoms with van der Waals surface area (Å²) in [6.45, 7) is -1.18. The number of ether oxygens (including phenoxy) is 3. The highest BCUT2D eigenvalue weighted by Crippen LogP contribution is 2.29. The fourth-order valence-electron chi connectivity index (χ4n) is 1.68. The van der Waals surface area contributed by atoms with Crippen molar-refractivity contribution in [3.05, 3.63) is 23.8 Å². The van der Waals surface area contributed by atoms with Gasteiger partial charge in [0, 0.05) is 13.7 Å². The molecule has 6 nitrogen and oxygen atoms in total. The van der Waals surface area contributed by atoms with Gasteiger partial charge in [-0.2, -0.15) is 13.2 Å². The average molecular weight is 373 g/mol. The van der Waals surface area contributed by atoms with E-state index in [-0.39, 0.29) is 37.1 Å². The molecule has 1 rings (SSSR count). The molecule has 0 spiro atoms. The third kappa shape index (κ3) is 7.71. The van der Waals surface area contributed by atoms with E-state index in [0.717, 1.165) is 0 Å². The van der Waals surface area contributed by atoms with Crippen LogP contribution in [-0.2, 0) is 16.1 Å². The lowest BCUT2D eigenvalue weighted by Gasteiger charge is -2.14. The molecule has 0 saturated carbocycles. The molecule has 0 radical (unpaired) electrons. The molecule has 24 heavy (non-hydrogen) atoms. The number of hydrogen-bond acceptors (Lipinski definition) is 5. The van der Waals surface area contributed by atoms with Crippen LogP contribution in [0.4, 0.5) is 13.2 Å². The van der Waals surface area contributed by atoms with Gasteiger partial charge in [0.2, 0.25) is 5.91 Å². The van der Waals surface area contributed by atoms with E-state index in [2.05, 4.69) is 10.1 Å². The van der Waals surface area contributed by atoms with Crippen molar-refractivity contribution in [2.75, 3.05) is 27.4 Å². The fraction of sp³-hybridized carbons (Fsp3) is 0.500. The lowest BCUT2D eigenvalue weighted by atomic mass is 10.2. The van der Waals surface area contributed by atoms with Gasteiger partial charge in [-0.1, -0.05) is 6.07 Å². The Balaban J connectivity index is 0.00000529. The van der Waals surface area contributed by atoms with Gasteiger partial charge in [-0.05, 0) is 17.7 Å². The normalized spacial score (nSPS) is 12.1. The molecule has 0 aliphatic carbocycles. The Morgan fingerprint density at radius 3 is 2.50 bits per heavy atom. The fourth-order valence-corrected chi connectivity index (χ4v) is 1.68. The van der Waals surface area contributed by atoms with Gasteiger partial charge in [0.1, 0.15) is 6.04 Å². The molecule has 1 amide bonds. The van der Waals surface area contributed by atoms with Crippen molar-refractivity contribution in [2.45, 2.75) is 18.8 Å². The molecule has 0 fully saturated rings. The molecule has 0 bridgehead atoms. The topological polar surface area (TPSA) is 82.8 Å². The average Bonchev–Trinajstić information content (AvgIpc) is 2.50. The number of rotatable bonds is 8. The van der Waals surface area contributed by atoms with E-state index >= 15 is 0 Å². The van der Waals surface area contributed by atoms with Crippen molar-refractivity contribution in [3.63, 3.8) is 0 Å². The summed E-state index contributed by atoms with van der Waals surface area (Å²) in [6.07, 6.45) is -4.44. The second-order valence-corrected chi connectivity index (χ2v) is 4.67. The molecule has 0 saturated heterocycles. The molecule has 1 aromatic rings. The van der Waals surface area contributed by atoms with Crippen molar-refractivity contribution in [1.29, 1.82) is 0 Å². The Kier molecular flexibility index (Phi) is 9.49. The zero-order valence-corrected chi connectivity index (χ0v) is 14.0. The number of alkyl halides is 3. The van der Waals surface area contributed by atoms with Crippen LogP contribution >= 0.6 is 12.4 Å². The summed E-state index contributed by atoms with van der Waals surface area (Å²) in [5.41, 5.74) is 6.19. The second-order valence-electron chi connectivity index (χ2n) is 4.67. The minimum absolute atomic E-state index is 0. The van der Waals surface area contributed by atoms with Crippen LogP contribution in [0.5, 0.6) is 11.5 Å². The molecule has 1 unspecified atom stereocenters. The summed E-state index contributed by atoms with van der Waals surface area (Å²) in [5, 5.41) is 2.59. The summed E-state index contributed by atoms with van der Waals surface area (Å²) in [5.74, 6) is -0.290. The minimum Gasteiger partial charge on any atom is -0.493 e. The number of benzene rings is 1. The van der Waals surface area contributed by atoms with E-state index < -0.39 is 24.7 Å². The molecule has 1 aromatic carbocycles. The van der Waals surface area contributed by atoms with Crippen LogP contribution in [0.2, 0.25) is 0 Å². The van der Waals surface area contributed by atoms with Crippen LogP contribution in [0.3, 0.4) is 0 Å². The summed E-state index contributed by atoms with van der Waals surface area (Å²) >= 11 is 0. The molecule has 0 aliphatic rings. The predicted octanol–water partition coefficient (Wildman–Crippen LogP) is 1.65. The first-order valence-corrected chi connectivity index (χ1v) is 6.65. The van der Waals surface area contributed by atoms with Crippen LogP contribution < -0.4 is 20.5 Å². The molecule has 138 valence electrons. The number of carbonyl (C=O) groups is 1. The number of hydrogen-bond donors (Lipinski definition) is 2. The highest BCUT2D eigenvalue weighted by molar-refractivity contribution is 5.85. The quantitative estimate of drug-likeness (QED) is 0.725. The van der Waals surface area contributed by atoms with Crippen LogP contribution in [-0.4, -0.2) is 45.6 Å². The van der Waals surface area contributed by atoms with Gasteiger partial charge in [-0.15, -0.1) is 12.4 Å². The van der Waals surface area contributed by atoms with Gasteiger partial charge in [-0.25, -0.2) is 0 Å². The van der Waals surface area contributed by atoms with Crippen molar-refractivity contribution < 1.29 is 32.2 Å². The monoisotopic (exact) mass is 372 g/mol. The van der Waals surface area contributed by atoms with Crippen LogP contribution in [0.25, 0.3) is 0 Å². The molecular formula is C14H20ClF3N2O4. The number of nitrogens with one attached hydrogen (secondary N) is 1. The maximum Gasteiger partial charge on any atom is 0.422 e. The molecule has 0 aliphatic heterocycles. The third-order valence-corrected chi connectivity index (χ3v) is 2.77. The van der Waals surface area contributed by atoms with Gasteiger partial charge < -0.3 is 25.3 Å². The van der Waals surface area contributed by atoms with Gasteiger partial charge in [0.15, 0.2) is 18.1 Å². The van der Waals surface area contributed by atoms with Crippen LogP contribution in [0.1, 0.15) is 5.56 Å². The van der Waals surface area contributed by atoms with Gasteiger partial charge in [-0.3, -0.25) is 4.79 Å². The molecule has 3 N–H and O–H groups in total. The molecule has 1 atom stereocenters. The smallest absolute Gasteiger partial charge is 0.422 e. The van der Waals surface area contributed by atoms with E-state index in [9.17, 15) is 18.0 Å². The van der Waals surface area contributed by atoms with Crippen molar-refractivity contribution >= 4 is 18.3 Å². The van der Waals surface area contributed by atoms with E-state index in [1.807, 2.05) is 0 Å². The Morgan fingerprint density at radius 2 is 1.96 bits per heavy atom. The number of nitrogens with two attached hydrogens (primary N) is 1. The maximum absolute atomic E-state index is 12.2. The highest BCUT2D eigenvalue weighted by Gasteiger charge is 2.29. The van der Waals surface area contributed by atoms with Crippen molar-refractivity contribution in [2.24, 2.45) is 5.73 Å². The van der Waals surface area contributed by atoms with Gasteiger partial charge >= 0.3 is 6.18 Å². The SMILES string of the molecule is COCC(N)C(=O)NCc1ccc(OCC(F)(F)F)c(OC)c1.Cl. The van der Waals surface area contributed by atoms with Gasteiger partial charge in [0.05, 0.1) is 13.7 Å². The zero-order valence-electron chi connectivity index (χ0n) is 13.2.